The molecule has 0 bridgehead atoms. The molecule has 4 rings (SSSR count). The number of methoxy groups -OCH3 is 4. The molecule has 0 aliphatic carbocycles. The van der Waals surface area contributed by atoms with Gasteiger partial charge in [-0.1, -0.05) is 12.1 Å². The lowest BCUT2D eigenvalue weighted by Gasteiger charge is -2.14. The number of para-hydroxylation sites is 1. The molecule has 4 aromatic rings. The molecule has 1 amide bonds. The molecule has 1 N–H and O–H groups in total. The Hall–Kier alpha value is -4.93. The Labute approximate surface area is 212 Å². The summed E-state index contributed by atoms with van der Waals surface area (Å²) in [4.78, 5) is 26.9. The fourth-order valence-electron chi connectivity index (χ4n) is 3.61. The number of hydrogen-bond acceptors (Lipinski definition) is 9. The van der Waals surface area contributed by atoms with Crippen molar-refractivity contribution in [2.24, 2.45) is 0 Å². The number of ether oxygens (including phenoxy) is 4. The lowest BCUT2D eigenvalue weighted by atomic mass is 10.1. The van der Waals surface area contributed by atoms with Gasteiger partial charge in [0.1, 0.15) is 12.3 Å². The van der Waals surface area contributed by atoms with Crippen molar-refractivity contribution < 1.29 is 28.5 Å². The maximum absolute atomic E-state index is 13.1. The van der Waals surface area contributed by atoms with E-state index in [-0.39, 0.29) is 18.2 Å². The van der Waals surface area contributed by atoms with Crippen LogP contribution in [0.4, 0.5) is 5.69 Å². The van der Waals surface area contributed by atoms with Crippen molar-refractivity contribution >= 4 is 17.4 Å². The van der Waals surface area contributed by atoms with Crippen LogP contribution < -0.4 is 24.3 Å². The van der Waals surface area contributed by atoms with E-state index in [1.54, 1.807) is 67.8 Å². The van der Waals surface area contributed by atoms with E-state index in [9.17, 15) is 9.59 Å². The SMILES string of the molecule is COc1ccc(C(=O)Cn2nnc(-c3ccccc3NC(=O)c3cc(OC)c(OC)c(OC)c3)n2)cc1. The second kappa shape index (κ2) is 11.2. The van der Waals surface area contributed by atoms with Crippen molar-refractivity contribution in [1.29, 1.82) is 0 Å². The smallest absolute Gasteiger partial charge is 0.255 e. The summed E-state index contributed by atoms with van der Waals surface area (Å²) >= 11 is 0. The molecule has 0 unspecified atom stereocenters. The molecule has 0 spiro atoms. The Balaban J connectivity index is 1.54. The summed E-state index contributed by atoms with van der Waals surface area (Å²) < 4.78 is 21.1. The summed E-state index contributed by atoms with van der Waals surface area (Å²) in [5.74, 6) is 1.40. The minimum atomic E-state index is -0.409. The molecule has 190 valence electrons. The summed E-state index contributed by atoms with van der Waals surface area (Å²) in [6.45, 7) is -0.0979. The zero-order chi connectivity index (χ0) is 26.4. The van der Waals surface area contributed by atoms with Gasteiger partial charge < -0.3 is 24.3 Å². The molecular weight excluding hydrogens is 478 g/mol. The average molecular weight is 504 g/mol. The first-order valence-electron chi connectivity index (χ1n) is 11.1. The molecule has 0 saturated carbocycles. The Bertz CT molecular complexity index is 1390. The van der Waals surface area contributed by atoms with Gasteiger partial charge in [-0.05, 0) is 53.7 Å². The van der Waals surface area contributed by atoms with Gasteiger partial charge in [-0.2, -0.15) is 4.80 Å². The molecule has 0 aliphatic heterocycles. The quantitative estimate of drug-likeness (QED) is 0.323. The van der Waals surface area contributed by atoms with Crippen molar-refractivity contribution in [3.05, 3.63) is 71.8 Å². The first-order valence-corrected chi connectivity index (χ1v) is 11.1. The zero-order valence-electron chi connectivity index (χ0n) is 20.7. The van der Waals surface area contributed by atoms with Crippen LogP contribution in [0.2, 0.25) is 0 Å². The van der Waals surface area contributed by atoms with E-state index in [2.05, 4.69) is 20.7 Å². The number of aromatic nitrogens is 4. The summed E-state index contributed by atoms with van der Waals surface area (Å²) in [7, 11) is 6.00. The molecule has 37 heavy (non-hydrogen) atoms. The maximum Gasteiger partial charge on any atom is 0.255 e. The van der Waals surface area contributed by atoms with Gasteiger partial charge in [0.05, 0.1) is 34.1 Å². The second-order valence-electron chi connectivity index (χ2n) is 7.71. The monoisotopic (exact) mass is 503 g/mol. The standard InChI is InChI=1S/C26H25N5O6/c1-34-18-11-9-16(10-12-18)21(32)15-31-29-25(28-30-31)19-7-5-6-8-20(19)27-26(33)17-13-22(35-2)24(37-4)23(14-17)36-3/h5-14H,15H2,1-4H3,(H,27,33). The van der Waals surface area contributed by atoms with Gasteiger partial charge in [-0.3, -0.25) is 9.59 Å². The zero-order valence-corrected chi connectivity index (χ0v) is 20.7. The summed E-state index contributed by atoms with van der Waals surface area (Å²) in [5.41, 5.74) is 1.79. The van der Waals surface area contributed by atoms with Crippen LogP contribution in [0, 0.1) is 0 Å². The number of amides is 1. The minimum Gasteiger partial charge on any atom is -0.497 e. The van der Waals surface area contributed by atoms with Crippen LogP contribution >= 0.6 is 0 Å². The molecule has 0 radical (unpaired) electrons. The van der Waals surface area contributed by atoms with Crippen molar-refractivity contribution in [3.8, 4) is 34.4 Å². The van der Waals surface area contributed by atoms with Gasteiger partial charge in [0, 0.05) is 16.7 Å². The predicted molar refractivity (Wildman–Crippen MR) is 135 cm³/mol. The Morgan fingerprint density at radius 1 is 0.838 bits per heavy atom. The molecule has 11 nitrogen and oxygen atoms in total. The third-order valence-corrected chi connectivity index (χ3v) is 5.49. The van der Waals surface area contributed by atoms with Gasteiger partial charge in [-0.25, -0.2) is 0 Å². The van der Waals surface area contributed by atoms with Crippen LogP contribution in [-0.4, -0.2) is 60.3 Å². The molecular formula is C26H25N5O6. The normalized spacial score (nSPS) is 10.5. The van der Waals surface area contributed by atoms with E-state index in [1.807, 2.05) is 0 Å². The summed E-state index contributed by atoms with van der Waals surface area (Å²) in [5, 5.41) is 15.3. The van der Waals surface area contributed by atoms with Crippen molar-refractivity contribution in [2.45, 2.75) is 6.54 Å². The Morgan fingerprint density at radius 2 is 1.51 bits per heavy atom. The first-order chi connectivity index (χ1) is 18.0. The number of carbonyl (C=O) groups is 2. The van der Waals surface area contributed by atoms with E-state index < -0.39 is 5.91 Å². The molecule has 0 saturated heterocycles. The average Bonchev–Trinajstić information content (AvgIpc) is 3.40. The van der Waals surface area contributed by atoms with Crippen LogP contribution in [0.3, 0.4) is 0 Å². The van der Waals surface area contributed by atoms with Crippen molar-refractivity contribution in [2.75, 3.05) is 33.8 Å². The highest BCUT2D eigenvalue weighted by molar-refractivity contribution is 6.06. The second-order valence-corrected chi connectivity index (χ2v) is 7.71. The highest BCUT2D eigenvalue weighted by atomic mass is 16.5. The van der Waals surface area contributed by atoms with Crippen LogP contribution in [0.1, 0.15) is 20.7 Å². The number of hydrogen-bond donors (Lipinski definition) is 1. The summed E-state index contributed by atoms with van der Waals surface area (Å²) in [6.07, 6.45) is 0. The largest absolute Gasteiger partial charge is 0.497 e. The number of Topliss-reactive ketones (excluding diaryl/α,β-unsaturated/α-hetero) is 1. The molecule has 1 aromatic heterocycles. The molecule has 11 heteroatoms. The lowest BCUT2D eigenvalue weighted by Crippen LogP contribution is -2.14. The third-order valence-electron chi connectivity index (χ3n) is 5.49. The molecule has 3 aromatic carbocycles. The first kappa shape index (κ1) is 25.2. The van der Waals surface area contributed by atoms with Gasteiger partial charge in [0.2, 0.25) is 11.6 Å². The molecule has 0 atom stereocenters. The number of anilines is 1. The van der Waals surface area contributed by atoms with Crippen molar-refractivity contribution in [3.63, 3.8) is 0 Å². The minimum absolute atomic E-state index is 0.0979. The molecule has 1 heterocycles. The maximum atomic E-state index is 13.1. The van der Waals surface area contributed by atoms with Gasteiger partial charge in [0.25, 0.3) is 5.91 Å². The van der Waals surface area contributed by atoms with E-state index in [0.717, 1.165) is 0 Å². The summed E-state index contributed by atoms with van der Waals surface area (Å²) in [6, 6.07) is 16.9. The van der Waals surface area contributed by atoms with Crippen LogP contribution in [-0.2, 0) is 6.54 Å². The third kappa shape index (κ3) is 5.50. The van der Waals surface area contributed by atoms with E-state index in [4.69, 9.17) is 18.9 Å². The van der Waals surface area contributed by atoms with E-state index >= 15 is 0 Å². The highest BCUT2D eigenvalue weighted by Crippen LogP contribution is 2.38. The molecule has 0 aliphatic rings. The predicted octanol–water partition coefficient (Wildman–Crippen LogP) is 3.51. The molecule has 0 fully saturated rings. The number of carbonyl (C=O) groups excluding carboxylic acids is 2. The fraction of sp³-hybridized carbons (Fsp3) is 0.192. The number of ketones is 1. The number of nitrogens with one attached hydrogen (secondary N) is 1. The topological polar surface area (TPSA) is 127 Å². The number of benzene rings is 3. The Morgan fingerprint density at radius 3 is 2.14 bits per heavy atom. The van der Waals surface area contributed by atoms with E-state index in [0.29, 0.717) is 45.4 Å². The van der Waals surface area contributed by atoms with Gasteiger partial charge in [0.15, 0.2) is 17.3 Å². The highest BCUT2D eigenvalue weighted by Gasteiger charge is 2.19. The Kier molecular flexibility index (Phi) is 7.62. The lowest BCUT2D eigenvalue weighted by molar-refractivity contribution is 0.0960. The van der Waals surface area contributed by atoms with Gasteiger partial charge in [-0.15, -0.1) is 10.2 Å². The van der Waals surface area contributed by atoms with Gasteiger partial charge >= 0.3 is 0 Å². The number of nitrogens with zero attached hydrogens (tertiary/aromatic N) is 4. The number of tetrazole rings is 1. The van der Waals surface area contributed by atoms with Crippen LogP contribution in [0.15, 0.2) is 60.7 Å². The van der Waals surface area contributed by atoms with E-state index in [1.165, 1.54) is 26.1 Å². The number of rotatable bonds is 10. The fourth-order valence-corrected chi connectivity index (χ4v) is 3.61. The van der Waals surface area contributed by atoms with Crippen LogP contribution in [0.25, 0.3) is 11.4 Å². The van der Waals surface area contributed by atoms with Crippen LogP contribution in [0.5, 0.6) is 23.0 Å². The van der Waals surface area contributed by atoms with Crippen molar-refractivity contribution in [1.82, 2.24) is 20.2 Å².